The Kier molecular flexibility index (Phi) is 6.27. The Labute approximate surface area is 152 Å². The van der Waals surface area contributed by atoms with Gasteiger partial charge in [-0.25, -0.2) is 4.39 Å². The van der Waals surface area contributed by atoms with Crippen LogP contribution in [0.4, 0.5) is 10.1 Å². The van der Waals surface area contributed by atoms with Gasteiger partial charge in [-0.05, 0) is 35.9 Å². The van der Waals surface area contributed by atoms with Crippen molar-refractivity contribution in [1.29, 1.82) is 0 Å². The molecule has 0 atom stereocenters. The van der Waals surface area contributed by atoms with Gasteiger partial charge in [0, 0.05) is 26.2 Å². The SMILES string of the molecule is COc1cc(CNC(=O)c2ccc(N(C)C)c(F)c2)cc(OC)c1OC. The highest BCUT2D eigenvalue weighted by Crippen LogP contribution is 2.38. The molecule has 1 amide bonds. The molecule has 6 nitrogen and oxygen atoms in total. The van der Waals surface area contributed by atoms with Gasteiger partial charge >= 0.3 is 0 Å². The first-order valence-electron chi connectivity index (χ1n) is 7.95. The molecule has 0 aliphatic rings. The van der Waals surface area contributed by atoms with E-state index in [0.29, 0.717) is 22.9 Å². The molecule has 2 aromatic rings. The number of carbonyl (C=O) groups excluding carboxylic acids is 1. The number of halogens is 1. The topological polar surface area (TPSA) is 60.0 Å². The summed E-state index contributed by atoms with van der Waals surface area (Å²) in [6, 6.07) is 7.88. The summed E-state index contributed by atoms with van der Waals surface area (Å²) in [5, 5.41) is 2.76. The van der Waals surface area contributed by atoms with E-state index < -0.39 is 5.82 Å². The van der Waals surface area contributed by atoms with Crippen LogP contribution < -0.4 is 24.4 Å². The molecule has 0 saturated carbocycles. The van der Waals surface area contributed by atoms with Crippen LogP contribution in [-0.2, 0) is 6.54 Å². The molecule has 0 heterocycles. The molecule has 0 aliphatic carbocycles. The molecule has 2 aromatic carbocycles. The third kappa shape index (κ3) is 4.17. The van der Waals surface area contributed by atoms with Gasteiger partial charge in [0.25, 0.3) is 5.91 Å². The predicted molar refractivity (Wildman–Crippen MR) is 98.0 cm³/mol. The van der Waals surface area contributed by atoms with Crippen LogP contribution >= 0.6 is 0 Å². The number of methoxy groups -OCH3 is 3. The minimum absolute atomic E-state index is 0.229. The molecule has 2 rings (SSSR count). The lowest BCUT2D eigenvalue weighted by atomic mass is 10.1. The fraction of sp³-hybridized carbons (Fsp3) is 0.316. The zero-order valence-corrected chi connectivity index (χ0v) is 15.6. The number of rotatable bonds is 7. The van der Waals surface area contributed by atoms with Crippen LogP contribution in [0.1, 0.15) is 15.9 Å². The van der Waals surface area contributed by atoms with Crippen LogP contribution in [0.5, 0.6) is 17.2 Å². The highest BCUT2D eigenvalue weighted by molar-refractivity contribution is 5.94. The predicted octanol–water partition coefficient (Wildman–Crippen LogP) is 2.85. The summed E-state index contributed by atoms with van der Waals surface area (Å²) in [4.78, 5) is 14.0. The average Bonchev–Trinajstić information content (AvgIpc) is 2.64. The lowest BCUT2D eigenvalue weighted by Crippen LogP contribution is -2.23. The first-order chi connectivity index (χ1) is 12.4. The number of nitrogens with one attached hydrogen (secondary N) is 1. The first-order valence-corrected chi connectivity index (χ1v) is 7.95. The van der Waals surface area contributed by atoms with E-state index in [-0.39, 0.29) is 18.0 Å². The molecule has 7 heteroatoms. The summed E-state index contributed by atoms with van der Waals surface area (Å²) in [7, 11) is 8.04. The first kappa shape index (κ1) is 19.4. The van der Waals surface area contributed by atoms with Crippen molar-refractivity contribution in [2.45, 2.75) is 6.54 Å². The van der Waals surface area contributed by atoms with E-state index in [4.69, 9.17) is 14.2 Å². The molecule has 0 bridgehead atoms. The number of benzene rings is 2. The number of carbonyl (C=O) groups is 1. The van der Waals surface area contributed by atoms with Crippen molar-refractivity contribution in [1.82, 2.24) is 5.32 Å². The highest BCUT2D eigenvalue weighted by atomic mass is 19.1. The van der Waals surface area contributed by atoms with Crippen LogP contribution in [-0.4, -0.2) is 41.3 Å². The zero-order valence-electron chi connectivity index (χ0n) is 15.6. The Morgan fingerprint density at radius 3 is 2.12 bits per heavy atom. The molecule has 140 valence electrons. The standard InChI is InChI=1S/C19H23FN2O4/c1-22(2)15-7-6-13(10-14(15)20)19(23)21-11-12-8-16(24-3)18(26-5)17(9-12)25-4/h6-10H,11H2,1-5H3,(H,21,23). The second-order valence-corrected chi connectivity index (χ2v) is 5.78. The van der Waals surface area contributed by atoms with Crippen LogP contribution in [0, 0.1) is 5.82 Å². The second kappa shape index (κ2) is 8.42. The Balaban J connectivity index is 2.15. The van der Waals surface area contributed by atoms with Gasteiger partial charge in [0.05, 0.1) is 27.0 Å². The van der Waals surface area contributed by atoms with Crippen molar-refractivity contribution in [2.24, 2.45) is 0 Å². The van der Waals surface area contributed by atoms with E-state index in [1.807, 2.05) is 0 Å². The second-order valence-electron chi connectivity index (χ2n) is 5.78. The Bertz CT molecular complexity index is 768. The van der Waals surface area contributed by atoms with Crippen LogP contribution in [0.3, 0.4) is 0 Å². The number of hydrogen-bond acceptors (Lipinski definition) is 5. The fourth-order valence-corrected chi connectivity index (χ4v) is 2.53. The largest absolute Gasteiger partial charge is 0.493 e. The number of ether oxygens (including phenoxy) is 3. The van der Waals surface area contributed by atoms with Gasteiger partial charge in [0.1, 0.15) is 5.82 Å². The molecule has 1 N–H and O–H groups in total. The van der Waals surface area contributed by atoms with Gasteiger partial charge in [-0.1, -0.05) is 0 Å². The fourth-order valence-electron chi connectivity index (χ4n) is 2.53. The summed E-state index contributed by atoms with van der Waals surface area (Å²) in [5.74, 6) is 0.653. The number of hydrogen-bond donors (Lipinski definition) is 1. The van der Waals surface area contributed by atoms with Crippen molar-refractivity contribution >= 4 is 11.6 Å². The van der Waals surface area contributed by atoms with Gasteiger partial charge in [-0.15, -0.1) is 0 Å². The quantitative estimate of drug-likeness (QED) is 0.821. The van der Waals surface area contributed by atoms with Gasteiger partial charge in [-0.2, -0.15) is 0 Å². The summed E-state index contributed by atoms with van der Waals surface area (Å²) in [6.45, 7) is 0.229. The molecule has 0 radical (unpaired) electrons. The lowest BCUT2D eigenvalue weighted by Gasteiger charge is -2.15. The normalized spacial score (nSPS) is 10.2. The average molecular weight is 362 g/mol. The van der Waals surface area contributed by atoms with Crippen molar-refractivity contribution in [2.75, 3.05) is 40.3 Å². The Hall–Kier alpha value is -2.96. The van der Waals surface area contributed by atoms with Gasteiger partial charge in [0.2, 0.25) is 5.75 Å². The number of nitrogens with zero attached hydrogens (tertiary/aromatic N) is 1. The smallest absolute Gasteiger partial charge is 0.251 e. The molecule has 26 heavy (non-hydrogen) atoms. The van der Waals surface area contributed by atoms with Crippen molar-refractivity contribution in [3.8, 4) is 17.2 Å². The molecule has 0 fully saturated rings. The molecule has 0 saturated heterocycles. The van der Waals surface area contributed by atoms with E-state index in [9.17, 15) is 9.18 Å². The molecule has 0 aliphatic heterocycles. The van der Waals surface area contributed by atoms with Crippen LogP contribution in [0.25, 0.3) is 0 Å². The van der Waals surface area contributed by atoms with Crippen LogP contribution in [0.2, 0.25) is 0 Å². The van der Waals surface area contributed by atoms with Crippen molar-refractivity contribution < 1.29 is 23.4 Å². The third-order valence-electron chi connectivity index (χ3n) is 3.87. The van der Waals surface area contributed by atoms with E-state index in [1.165, 1.54) is 27.4 Å². The number of amides is 1. The molecule has 0 unspecified atom stereocenters. The van der Waals surface area contributed by atoms with E-state index >= 15 is 0 Å². The van der Waals surface area contributed by atoms with Gasteiger partial charge in [0.15, 0.2) is 11.5 Å². The van der Waals surface area contributed by atoms with Crippen LogP contribution in [0.15, 0.2) is 30.3 Å². The van der Waals surface area contributed by atoms with Gasteiger partial charge in [-0.3, -0.25) is 4.79 Å². The summed E-state index contributed by atoms with van der Waals surface area (Å²) in [5.41, 5.74) is 1.44. The minimum atomic E-state index is -0.449. The minimum Gasteiger partial charge on any atom is -0.493 e. The monoisotopic (exact) mass is 362 g/mol. The molecule has 0 aromatic heterocycles. The molecular weight excluding hydrogens is 339 g/mol. The van der Waals surface area contributed by atoms with E-state index in [1.54, 1.807) is 43.3 Å². The zero-order chi connectivity index (χ0) is 19.3. The third-order valence-corrected chi connectivity index (χ3v) is 3.87. The summed E-state index contributed by atoms with van der Waals surface area (Å²) >= 11 is 0. The lowest BCUT2D eigenvalue weighted by molar-refractivity contribution is 0.0950. The van der Waals surface area contributed by atoms with Crippen molar-refractivity contribution in [3.63, 3.8) is 0 Å². The Morgan fingerprint density at radius 2 is 1.65 bits per heavy atom. The maximum absolute atomic E-state index is 14.0. The molecule has 0 spiro atoms. The van der Waals surface area contributed by atoms with Gasteiger partial charge < -0.3 is 24.4 Å². The molecular formula is C19H23FN2O4. The summed E-state index contributed by atoms with van der Waals surface area (Å²) < 4.78 is 29.9. The van der Waals surface area contributed by atoms with E-state index in [2.05, 4.69) is 5.32 Å². The summed E-state index contributed by atoms with van der Waals surface area (Å²) in [6.07, 6.45) is 0. The number of anilines is 1. The Morgan fingerprint density at radius 1 is 1.04 bits per heavy atom. The van der Waals surface area contributed by atoms with Crippen molar-refractivity contribution in [3.05, 3.63) is 47.3 Å². The maximum Gasteiger partial charge on any atom is 0.251 e. The van der Waals surface area contributed by atoms with E-state index in [0.717, 1.165) is 5.56 Å². The highest BCUT2D eigenvalue weighted by Gasteiger charge is 2.15. The maximum atomic E-state index is 14.0.